The molecule has 0 aromatic carbocycles. The number of anilines is 1. The third kappa shape index (κ3) is 2.77. The molecule has 0 atom stereocenters. The van der Waals surface area contributed by atoms with E-state index in [1.54, 1.807) is 6.07 Å². The molecule has 0 fully saturated rings. The fraction of sp³-hybridized carbons (Fsp3) is 0.333. The fourth-order valence-corrected chi connectivity index (χ4v) is 1.89. The van der Waals surface area contributed by atoms with E-state index in [0.717, 1.165) is 30.2 Å². The Kier molecular flexibility index (Phi) is 3.64. The van der Waals surface area contributed by atoms with Crippen LogP contribution in [0.2, 0.25) is 5.15 Å². The molecule has 0 unspecified atom stereocenters. The van der Waals surface area contributed by atoms with Gasteiger partial charge in [0, 0.05) is 12.7 Å². The second-order valence-corrected chi connectivity index (χ2v) is 4.15. The molecule has 0 saturated carbocycles. The largest absolute Gasteiger partial charge is 0.378 e. The van der Waals surface area contributed by atoms with Crippen LogP contribution in [0.15, 0.2) is 24.4 Å². The zero-order valence-electron chi connectivity index (χ0n) is 9.94. The second-order valence-electron chi connectivity index (χ2n) is 3.76. The van der Waals surface area contributed by atoms with Gasteiger partial charge in [-0.1, -0.05) is 11.6 Å². The van der Waals surface area contributed by atoms with Crippen molar-refractivity contribution >= 4 is 17.3 Å². The average Bonchev–Trinajstić information content (AvgIpc) is 2.75. The second kappa shape index (κ2) is 5.19. The zero-order valence-corrected chi connectivity index (χ0v) is 10.7. The Morgan fingerprint density at radius 1 is 1.35 bits per heavy atom. The lowest BCUT2D eigenvalue weighted by molar-refractivity contribution is 0.627. The number of halogens is 1. The molecule has 2 heterocycles. The number of rotatable bonds is 4. The lowest BCUT2D eigenvalue weighted by atomic mass is 10.3. The predicted octanol–water partition coefficient (Wildman–Crippen LogP) is 2.87. The zero-order chi connectivity index (χ0) is 12.3. The van der Waals surface area contributed by atoms with E-state index < -0.39 is 0 Å². The van der Waals surface area contributed by atoms with Crippen LogP contribution in [0.3, 0.4) is 0 Å². The van der Waals surface area contributed by atoms with Gasteiger partial charge in [-0.2, -0.15) is 5.10 Å². The molecule has 1 N–H and O–H groups in total. The van der Waals surface area contributed by atoms with E-state index in [0.29, 0.717) is 5.15 Å². The Hall–Kier alpha value is -1.55. The Labute approximate surface area is 106 Å². The monoisotopic (exact) mass is 250 g/mol. The van der Waals surface area contributed by atoms with Crippen LogP contribution in [0, 0.1) is 6.92 Å². The van der Waals surface area contributed by atoms with E-state index in [4.69, 9.17) is 11.6 Å². The summed E-state index contributed by atoms with van der Waals surface area (Å²) in [6.45, 7) is 5.62. The van der Waals surface area contributed by atoms with Gasteiger partial charge in [-0.15, -0.1) is 0 Å². The van der Waals surface area contributed by atoms with E-state index in [-0.39, 0.29) is 0 Å². The van der Waals surface area contributed by atoms with Crippen molar-refractivity contribution in [2.75, 3.05) is 5.32 Å². The van der Waals surface area contributed by atoms with E-state index in [1.807, 2.05) is 29.9 Å². The molecule has 5 heteroatoms. The highest BCUT2D eigenvalue weighted by Crippen LogP contribution is 2.16. The van der Waals surface area contributed by atoms with Gasteiger partial charge < -0.3 is 5.32 Å². The molecule has 17 heavy (non-hydrogen) atoms. The number of aryl methyl sites for hydroxylation is 2. The molecule has 0 amide bonds. The first kappa shape index (κ1) is 11.9. The standard InChI is InChI=1S/C12H15ClN4/c1-3-17-10(6-7-15-17)8-14-11-4-5-12(13)16-9(11)2/h4-7,14H,3,8H2,1-2H3. The highest BCUT2D eigenvalue weighted by molar-refractivity contribution is 6.29. The van der Waals surface area contributed by atoms with E-state index in [2.05, 4.69) is 22.3 Å². The first-order valence-electron chi connectivity index (χ1n) is 5.58. The van der Waals surface area contributed by atoms with Crippen LogP contribution in [0.1, 0.15) is 18.3 Å². The number of hydrogen-bond donors (Lipinski definition) is 1. The number of aromatic nitrogens is 3. The molecule has 4 nitrogen and oxygen atoms in total. The Morgan fingerprint density at radius 2 is 2.18 bits per heavy atom. The van der Waals surface area contributed by atoms with Gasteiger partial charge in [0.2, 0.25) is 0 Å². The van der Waals surface area contributed by atoms with Crippen LogP contribution in [0.5, 0.6) is 0 Å². The summed E-state index contributed by atoms with van der Waals surface area (Å²) in [6.07, 6.45) is 1.81. The maximum absolute atomic E-state index is 5.81. The summed E-state index contributed by atoms with van der Waals surface area (Å²) in [5.41, 5.74) is 3.06. The van der Waals surface area contributed by atoms with E-state index in [1.165, 1.54) is 0 Å². The SMILES string of the molecule is CCn1nccc1CNc1ccc(Cl)nc1C. The summed E-state index contributed by atoms with van der Waals surface area (Å²) in [5.74, 6) is 0. The summed E-state index contributed by atoms with van der Waals surface area (Å²) in [5, 5.41) is 8.08. The van der Waals surface area contributed by atoms with Crippen LogP contribution < -0.4 is 5.32 Å². The summed E-state index contributed by atoms with van der Waals surface area (Å²) in [6, 6.07) is 5.74. The third-order valence-corrected chi connectivity index (χ3v) is 2.83. The number of nitrogens with zero attached hydrogens (tertiary/aromatic N) is 3. The molecule has 0 aliphatic rings. The molecule has 2 rings (SSSR count). The van der Waals surface area contributed by atoms with Crippen molar-refractivity contribution < 1.29 is 0 Å². The highest BCUT2D eigenvalue weighted by Gasteiger charge is 2.03. The van der Waals surface area contributed by atoms with Crippen LogP contribution in [0.4, 0.5) is 5.69 Å². The molecule has 0 radical (unpaired) electrons. The summed E-state index contributed by atoms with van der Waals surface area (Å²) >= 11 is 5.81. The van der Waals surface area contributed by atoms with Gasteiger partial charge in [-0.25, -0.2) is 4.98 Å². The topological polar surface area (TPSA) is 42.7 Å². The maximum atomic E-state index is 5.81. The van der Waals surface area contributed by atoms with Gasteiger partial charge >= 0.3 is 0 Å². The Bertz CT molecular complexity index is 507. The molecule has 2 aromatic heterocycles. The van der Waals surface area contributed by atoms with E-state index in [9.17, 15) is 0 Å². The molecule has 0 aliphatic heterocycles. The molecule has 0 bridgehead atoms. The van der Waals surface area contributed by atoms with Crippen molar-refractivity contribution in [3.8, 4) is 0 Å². The van der Waals surface area contributed by atoms with Crippen LogP contribution in [-0.2, 0) is 13.1 Å². The van der Waals surface area contributed by atoms with Gasteiger partial charge in [0.05, 0.1) is 23.6 Å². The van der Waals surface area contributed by atoms with Crippen molar-refractivity contribution in [1.29, 1.82) is 0 Å². The highest BCUT2D eigenvalue weighted by atomic mass is 35.5. The Morgan fingerprint density at radius 3 is 2.88 bits per heavy atom. The first-order chi connectivity index (χ1) is 8.20. The molecule has 90 valence electrons. The van der Waals surface area contributed by atoms with Gasteiger partial charge in [0.25, 0.3) is 0 Å². The minimum atomic E-state index is 0.520. The summed E-state index contributed by atoms with van der Waals surface area (Å²) in [7, 11) is 0. The molecule has 2 aromatic rings. The summed E-state index contributed by atoms with van der Waals surface area (Å²) < 4.78 is 1.96. The molecule has 0 saturated heterocycles. The fourth-order valence-electron chi connectivity index (χ4n) is 1.70. The van der Waals surface area contributed by atoms with E-state index >= 15 is 0 Å². The van der Waals surface area contributed by atoms with Gasteiger partial charge in [-0.3, -0.25) is 4.68 Å². The number of hydrogen-bond acceptors (Lipinski definition) is 3. The molecule has 0 aliphatic carbocycles. The predicted molar refractivity (Wildman–Crippen MR) is 69.2 cm³/mol. The van der Waals surface area contributed by atoms with Crippen molar-refractivity contribution in [2.24, 2.45) is 0 Å². The molecular formula is C12H15ClN4. The minimum Gasteiger partial charge on any atom is -0.378 e. The third-order valence-electron chi connectivity index (χ3n) is 2.62. The van der Waals surface area contributed by atoms with Crippen molar-refractivity contribution in [2.45, 2.75) is 26.9 Å². The normalized spacial score (nSPS) is 10.5. The van der Waals surface area contributed by atoms with Crippen molar-refractivity contribution in [1.82, 2.24) is 14.8 Å². The first-order valence-corrected chi connectivity index (χ1v) is 5.96. The lowest BCUT2D eigenvalue weighted by Crippen LogP contribution is -2.08. The smallest absolute Gasteiger partial charge is 0.129 e. The lowest BCUT2D eigenvalue weighted by Gasteiger charge is -2.10. The van der Waals surface area contributed by atoms with Crippen LogP contribution in [-0.4, -0.2) is 14.8 Å². The maximum Gasteiger partial charge on any atom is 0.129 e. The van der Waals surface area contributed by atoms with Crippen LogP contribution in [0.25, 0.3) is 0 Å². The number of nitrogens with one attached hydrogen (secondary N) is 1. The van der Waals surface area contributed by atoms with Crippen LogP contribution >= 0.6 is 11.6 Å². The van der Waals surface area contributed by atoms with Crippen molar-refractivity contribution in [3.63, 3.8) is 0 Å². The molecular weight excluding hydrogens is 236 g/mol. The average molecular weight is 251 g/mol. The number of pyridine rings is 1. The summed E-state index contributed by atoms with van der Waals surface area (Å²) in [4.78, 5) is 4.20. The van der Waals surface area contributed by atoms with Gasteiger partial charge in [-0.05, 0) is 32.0 Å². The van der Waals surface area contributed by atoms with Gasteiger partial charge in [0.15, 0.2) is 0 Å². The Balaban J connectivity index is 2.07. The van der Waals surface area contributed by atoms with Crippen molar-refractivity contribution in [3.05, 3.63) is 40.9 Å². The quantitative estimate of drug-likeness (QED) is 0.849. The molecule has 0 spiro atoms. The van der Waals surface area contributed by atoms with Gasteiger partial charge in [0.1, 0.15) is 5.15 Å². The minimum absolute atomic E-state index is 0.520.